The lowest BCUT2D eigenvalue weighted by Crippen LogP contribution is -2.13. The van der Waals surface area contributed by atoms with Crippen molar-refractivity contribution in [1.29, 1.82) is 5.26 Å². The fourth-order valence-corrected chi connectivity index (χ4v) is 2.07. The molecule has 0 saturated carbocycles. The summed E-state index contributed by atoms with van der Waals surface area (Å²) in [6, 6.07) is 14.6. The number of amides is 1. The van der Waals surface area contributed by atoms with Gasteiger partial charge in [-0.05, 0) is 55.0 Å². The van der Waals surface area contributed by atoms with Gasteiger partial charge in [0.25, 0.3) is 5.91 Å². The van der Waals surface area contributed by atoms with Gasteiger partial charge in [-0.25, -0.2) is 4.79 Å². The fourth-order valence-electron chi connectivity index (χ4n) is 2.07. The van der Waals surface area contributed by atoms with Crippen LogP contribution in [0.5, 0.6) is 5.75 Å². The Hall–Kier alpha value is -3.59. The van der Waals surface area contributed by atoms with E-state index in [4.69, 9.17) is 9.84 Å². The molecular formula is C19H16N2O4. The van der Waals surface area contributed by atoms with Crippen molar-refractivity contribution >= 4 is 23.6 Å². The number of anilines is 1. The zero-order chi connectivity index (χ0) is 18.2. The molecule has 0 heterocycles. The number of rotatable bonds is 6. The van der Waals surface area contributed by atoms with Gasteiger partial charge < -0.3 is 15.2 Å². The van der Waals surface area contributed by atoms with Gasteiger partial charge in [0.15, 0.2) is 0 Å². The molecule has 0 saturated heterocycles. The number of aromatic carboxylic acids is 1. The van der Waals surface area contributed by atoms with E-state index in [0.29, 0.717) is 23.6 Å². The zero-order valence-electron chi connectivity index (χ0n) is 13.5. The highest BCUT2D eigenvalue weighted by molar-refractivity contribution is 6.09. The maximum absolute atomic E-state index is 12.2. The van der Waals surface area contributed by atoms with Crippen molar-refractivity contribution in [2.75, 3.05) is 11.9 Å². The third-order valence-electron chi connectivity index (χ3n) is 3.23. The molecule has 0 radical (unpaired) electrons. The third-order valence-corrected chi connectivity index (χ3v) is 3.23. The van der Waals surface area contributed by atoms with E-state index in [1.54, 1.807) is 24.3 Å². The molecule has 2 rings (SSSR count). The molecule has 0 bridgehead atoms. The van der Waals surface area contributed by atoms with Crippen LogP contribution in [0, 0.1) is 11.3 Å². The molecular weight excluding hydrogens is 320 g/mol. The summed E-state index contributed by atoms with van der Waals surface area (Å²) in [7, 11) is 0. The molecule has 2 aromatic carbocycles. The Morgan fingerprint density at radius 3 is 2.56 bits per heavy atom. The first-order valence-electron chi connectivity index (χ1n) is 7.53. The number of carboxylic acids is 1. The standard InChI is InChI=1S/C19H16N2O4/c1-2-25-17-5-3-4-13(11-17)10-15(12-20)18(22)21-16-8-6-14(7-9-16)19(23)24/h3-11H,2H2,1H3,(H,21,22)(H,23,24)/b15-10-. The Balaban J connectivity index is 2.16. The molecule has 0 spiro atoms. The van der Waals surface area contributed by atoms with Crippen LogP contribution in [0.2, 0.25) is 0 Å². The predicted octanol–water partition coefficient (Wildman–Crippen LogP) is 3.33. The zero-order valence-corrected chi connectivity index (χ0v) is 13.5. The monoisotopic (exact) mass is 336 g/mol. The van der Waals surface area contributed by atoms with E-state index in [-0.39, 0.29) is 11.1 Å². The quantitative estimate of drug-likeness (QED) is 0.622. The lowest BCUT2D eigenvalue weighted by atomic mass is 10.1. The van der Waals surface area contributed by atoms with Crippen LogP contribution in [0.25, 0.3) is 6.08 Å². The van der Waals surface area contributed by atoms with Crippen LogP contribution in [0.1, 0.15) is 22.8 Å². The molecule has 6 heteroatoms. The molecule has 0 aromatic heterocycles. The minimum Gasteiger partial charge on any atom is -0.494 e. The van der Waals surface area contributed by atoms with Crippen LogP contribution in [0.3, 0.4) is 0 Å². The highest BCUT2D eigenvalue weighted by Crippen LogP contribution is 2.17. The second kappa shape index (κ2) is 8.31. The average molecular weight is 336 g/mol. The largest absolute Gasteiger partial charge is 0.494 e. The minimum absolute atomic E-state index is 0.0732. The highest BCUT2D eigenvalue weighted by atomic mass is 16.5. The van der Waals surface area contributed by atoms with E-state index in [1.807, 2.05) is 13.0 Å². The summed E-state index contributed by atoms with van der Waals surface area (Å²) in [5.41, 5.74) is 1.11. The number of ether oxygens (including phenoxy) is 1. The minimum atomic E-state index is -1.05. The summed E-state index contributed by atoms with van der Waals surface area (Å²) in [5.74, 6) is -0.977. The van der Waals surface area contributed by atoms with Crippen LogP contribution in [0.15, 0.2) is 54.1 Å². The maximum atomic E-state index is 12.2. The first-order chi connectivity index (χ1) is 12.0. The Morgan fingerprint density at radius 2 is 1.96 bits per heavy atom. The molecule has 6 nitrogen and oxygen atoms in total. The Bertz CT molecular complexity index is 848. The second-order valence-electron chi connectivity index (χ2n) is 5.01. The third kappa shape index (κ3) is 4.94. The molecule has 0 fully saturated rings. The van der Waals surface area contributed by atoms with Gasteiger partial charge in [-0.3, -0.25) is 4.79 Å². The number of benzene rings is 2. The van der Waals surface area contributed by atoms with Crippen molar-refractivity contribution < 1.29 is 19.4 Å². The Labute approximate surface area is 145 Å². The fraction of sp³-hybridized carbons (Fsp3) is 0.105. The van der Waals surface area contributed by atoms with E-state index in [1.165, 1.54) is 30.3 Å². The van der Waals surface area contributed by atoms with Gasteiger partial charge in [-0.2, -0.15) is 5.26 Å². The summed E-state index contributed by atoms with van der Waals surface area (Å²) < 4.78 is 5.39. The number of carbonyl (C=O) groups is 2. The maximum Gasteiger partial charge on any atom is 0.335 e. The number of carbonyl (C=O) groups excluding carboxylic acids is 1. The first kappa shape index (κ1) is 17.8. The summed E-state index contributed by atoms with van der Waals surface area (Å²) in [5, 5.41) is 20.7. The molecule has 0 atom stereocenters. The van der Waals surface area contributed by atoms with E-state index < -0.39 is 11.9 Å². The van der Waals surface area contributed by atoms with Gasteiger partial charge in [0, 0.05) is 5.69 Å². The number of nitriles is 1. The second-order valence-corrected chi connectivity index (χ2v) is 5.01. The summed E-state index contributed by atoms with van der Waals surface area (Å²) in [6.45, 7) is 2.39. The summed E-state index contributed by atoms with van der Waals surface area (Å²) in [6.07, 6.45) is 1.46. The van der Waals surface area contributed by atoms with E-state index in [9.17, 15) is 14.9 Å². The molecule has 0 aliphatic carbocycles. The van der Waals surface area contributed by atoms with E-state index >= 15 is 0 Å². The van der Waals surface area contributed by atoms with Crippen LogP contribution < -0.4 is 10.1 Å². The van der Waals surface area contributed by atoms with Crippen molar-refractivity contribution in [2.24, 2.45) is 0 Å². The molecule has 0 aliphatic rings. The van der Waals surface area contributed by atoms with Crippen molar-refractivity contribution in [3.8, 4) is 11.8 Å². The number of nitrogens with one attached hydrogen (secondary N) is 1. The van der Waals surface area contributed by atoms with Crippen LogP contribution in [0.4, 0.5) is 5.69 Å². The molecule has 126 valence electrons. The molecule has 1 amide bonds. The van der Waals surface area contributed by atoms with Crippen LogP contribution >= 0.6 is 0 Å². The lowest BCUT2D eigenvalue weighted by molar-refractivity contribution is -0.112. The number of nitrogens with zero attached hydrogens (tertiary/aromatic N) is 1. The Morgan fingerprint density at radius 1 is 1.24 bits per heavy atom. The van der Waals surface area contributed by atoms with Crippen molar-refractivity contribution in [2.45, 2.75) is 6.92 Å². The van der Waals surface area contributed by atoms with Gasteiger partial charge in [-0.15, -0.1) is 0 Å². The molecule has 0 aliphatic heterocycles. The van der Waals surface area contributed by atoms with Gasteiger partial charge in [0.2, 0.25) is 0 Å². The SMILES string of the molecule is CCOc1cccc(/C=C(/C#N)C(=O)Nc2ccc(C(=O)O)cc2)c1. The summed E-state index contributed by atoms with van der Waals surface area (Å²) >= 11 is 0. The lowest BCUT2D eigenvalue weighted by Gasteiger charge is -2.06. The molecule has 0 unspecified atom stereocenters. The number of hydrogen-bond acceptors (Lipinski definition) is 4. The molecule has 25 heavy (non-hydrogen) atoms. The number of carboxylic acid groups (broad SMARTS) is 1. The van der Waals surface area contributed by atoms with Gasteiger partial charge in [-0.1, -0.05) is 12.1 Å². The summed E-state index contributed by atoms with van der Waals surface area (Å²) in [4.78, 5) is 23.0. The predicted molar refractivity (Wildman–Crippen MR) is 93.2 cm³/mol. The first-order valence-corrected chi connectivity index (χ1v) is 7.53. The van der Waals surface area contributed by atoms with Gasteiger partial charge >= 0.3 is 5.97 Å². The van der Waals surface area contributed by atoms with Gasteiger partial charge in [0.05, 0.1) is 12.2 Å². The smallest absolute Gasteiger partial charge is 0.335 e. The topological polar surface area (TPSA) is 99.4 Å². The van der Waals surface area contributed by atoms with Gasteiger partial charge in [0.1, 0.15) is 17.4 Å². The van der Waals surface area contributed by atoms with Crippen molar-refractivity contribution in [1.82, 2.24) is 0 Å². The van der Waals surface area contributed by atoms with E-state index in [2.05, 4.69) is 5.32 Å². The average Bonchev–Trinajstić information content (AvgIpc) is 2.60. The van der Waals surface area contributed by atoms with Crippen LogP contribution in [-0.4, -0.2) is 23.6 Å². The number of hydrogen-bond donors (Lipinski definition) is 2. The van der Waals surface area contributed by atoms with Crippen molar-refractivity contribution in [3.05, 3.63) is 65.2 Å². The Kier molecular flexibility index (Phi) is 5.91. The molecule has 2 aromatic rings. The molecule has 2 N–H and O–H groups in total. The highest BCUT2D eigenvalue weighted by Gasteiger charge is 2.10. The van der Waals surface area contributed by atoms with E-state index in [0.717, 1.165) is 0 Å². The van der Waals surface area contributed by atoms with Crippen LogP contribution in [-0.2, 0) is 4.79 Å². The van der Waals surface area contributed by atoms with Crippen molar-refractivity contribution in [3.63, 3.8) is 0 Å². The normalized spacial score (nSPS) is 10.6.